The Morgan fingerprint density at radius 3 is 2.43 bits per heavy atom. The SMILES string of the molecule is N#CC1(NC(=O)[C@@H]2CCCC[C@H]2c2oc(-c3ccccc3C3CC3)nc2-c2ccc(N3CCS(O)(O)CC3)cc2)CC1. The molecule has 3 aromatic rings. The van der Waals surface area contributed by atoms with Crippen molar-refractivity contribution in [1.29, 1.82) is 5.26 Å². The normalized spacial score (nSPS) is 25.3. The molecule has 3 aliphatic carbocycles. The van der Waals surface area contributed by atoms with Gasteiger partial charge in [-0.15, -0.1) is 0 Å². The fourth-order valence-electron chi connectivity index (χ4n) is 6.64. The molecule has 3 N–H and O–H groups in total. The number of hydrogen-bond donors (Lipinski definition) is 3. The highest BCUT2D eigenvalue weighted by Crippen LogP contribution is 2.48. The number of nitriles is 1. The molecule has 7 rings (SSSR count). The summed E-state index contributed by atoms with van der Waals surface area (Å²) in [5.41, 5.74) is 4.35. The lowest BCUT2D eigenvalue weighted by atomic mass is 9.76. The smallest absolute Gasteiger partial charge is 0.227 e. The maximum atomic E-state index is 13.6. The van der Waals surface area contributed by atoms with Crippen LogP contribution in [0.15, 0.2) is 52.9 Å². The number of carbonyl (C=O) groups is 1. The Bertz CT molecular complexity index is 1510. The average Bonchev–Trinajstić information content (AvgIpc) is 3.95. The summed E-state index contributed by atoms with van der Waals surface area (Å²) in [5.74, 6) is 2.25. The van der Waals surface area contributed by atoms with Crippen LogP contribution in [0, 0.1) is 17.2 Å². The van der Waals surface area contributed by atoms with Gasteiger partial charge in [-0.3, -0.25) is 13.9 Å². The van der Waals surface area contributed by atoms with E-state index in [2.05, 4.69) is 58.8 Å². The first-order chi connectivity index (χ1) is 20.3. The lowest BCUT2D eigenvalue weighted by Crippen LogP contribution is -2.42. The minimum Gasteiger partial charge on any atom is -0.440 e. The number of nitrogens with one attached hydrogen (secondary N) is 1. The summed E-state index contributed by atoms with van der Waals surface area (Å²) in [4.78, 5) is 20.9. The third-order valence-corrected chi connectivity index (χ3v) is 11.2. The van der Waals surface area contributed by atoms with Crippen molar-refractivity contribution in [1.82, 2.24) is 10.3 Å². The maximum absolute atomic E-state index is 13.6. The average molecular weight is 587 g/mol. The molecule has 8 nitrogen and oxygen atoms in total. The van der Waals surface area contributed by atoms with E-state index in [1.54, 1.807) is 0 Å². The summed E-state index contributed by atoms with van der Waals surface area (Å²) < 4.78 is 26.8. The highest BCUT2D eigenvalue weighted by atomic mass is 32.3. The van der Waals surface area contributed by atoms with E-state index >= 15 is 0 Å². The number of oxazole rings is 1. The molecule has 2 aromatic carbocycles. The van der Waals surface area contributed by atoms with E-state index < -0.39 is 16.1 Å². The minimum atomic E-state index is -2.46. The molecule has 4 fully saturated rings. The first-order valence-corrected chi connectivity index (χ1v) is 17.2. The van der Waals surface area contributed by atoms with Crippen LogP contribution in [0.4, 0.5) is 5.69 Å². The van der Waals surface area contributed by atoms with Crippen molar-refractivity contribution >= 4 is 22.2 Å². The van der Waals surface area contributed by atoms with Crippen molar-refractivity contribution in [2.45, 2.75) is 68.7 Å². The molecule has 0 radical (unpaired) electrons. The quantitative estimate of drug-likeness (QED) is 0.275. The molecule has 220 valence electrons. The number of rotatable bonds is 7. The standard InChI is InChI=1S/C33H38N4O4S/c34-21-33(15-16-33)36-31(38)27-7-3-2-6-26(27)30-29(35-32(41-30)28-8-4-1-5-25(28)22-9-10-22)23-11-13-24(14-12-23)37-17-19-42(39,40)20-18-37/h1,4-5,8,11-14,22,26-27,39-40H,2-3,6-7,9-10,15-20H2,(H,36,38)/t26-,27-/m1/s1. The molecule has 1 amide bonds. The number of aromatic nitrogens is 1. The van der Waals surface area contributed by atoms with Crippen molar-refractivity contribution < 1.29 is 18.3 Å². The number of carbonyl (C=O) groups excluding carboxylic acids is 1. The molecule has 42 heavy (non-hydrogen) atoms. The fraction of sp³-hybridized carbons (Fsp3) is 0.485. The topological polar surface area (TPSA) is 123 Å². The van der Waals surface area contributed by atoms with Gasteiger partial charge in [0.1, 0.15) is 17.0 Å². The molecule has 9 heteroatoms. The Morgan fingerprint density at radius 2 is 1.74 bits per heavy atom. The molecule has 2 heterocycles. The van der Waals surface area contributed by atoms with Crippen LogP contribution in [0.25, 0.3) is 22.7 Å². The summed E-state index contributed by atoms with van der Waals surface area (Å²) in [6.07, 6.45) is 7.37. The fourth-order valence-corrected chi connectivity index (χ4v) is 7.87. The van der Waals surface area contributed by atoms with Crippen LogP contribution < -0.4 is 10.2 Å². The van der Waals surface area contributed by atoms with Crippen LogP contribution in [-0.4, -0.2) is 50.1 Å². The lowest BCUT2D eigenvalue weighted by Gasteiger charge is -2.41. The Kier molecular flexibility index (Phi) is 7.04. The summed E-state index contributed by atoms with van der Waals surface area (Å²) in [7, 11) is -2.46. The maximum Gasteiger partial charge on any atom is 0.227 e. The third kappa shape index (κ3) is 5.44. The number of benzene rings is 2. The van der Waals surface area contributed by atoms with Crippen molar-refractivity contribution in [3.8, 4) is 28.8 Å². The zero-order valence-electron chi connectivity index (χ0n) is 23.8. The van der Waals surface area contributed by atoms with Crippen molar-refractivity contribution in [3.05, 3.63) is 59.9 Å². The van der Waals surface area contributed by atoms with E-state index in [4.69, 9.17) is 9.40 Å². The Morgan fingerprint density at radius 1 is 1.02 bits per heavy atom. The molecule has 0 bridgehead atoms. The van der Waals surface area contributed by atoms with Crippen molar-refractivity contribution in [3.63, 3.8) is 0 Å². The number of anilines is 1. The lowest BCUT2D eigenvalue weighted by molar-refractivity contribution is -0.127. The minimum absolute atomic E-state index is 0.0487. The van der Waals surface area contributed by atoms with Gasteiger partial charge in [0.2, 0.25) is 11.8 Å². The first kappa shape index (κ1) is 27.5. The van der Waals surface area contributed by atoms with Crippen LogP contribution in [0.2, 0.25) is 0 Å². The van der Waals surface area contributed by atoms with Gasteiger partial charge in [0.25, 0.3) is 0 Å². The number of hydrogen-bond acceptors (Lipinski definition) is 7. The Labute approximate surface area is 248 Å². The number of amides is 1. The van der Waals surface area contributed by atoms with Crippen molar-refractivity contribution in [2.24, 2.45) is 5.92 Å². The zero-order valence-corrected chi connectivity index (χ0v) is 24.6. The van der Waals surface area contributed by atoms with E-state index in [1.807, 2.05) is 6.07 Å². The Hall–Kier alpha value is -3.32. The predicted molar refractivity (Wildman–Crippen MR) is 165 cm³/mol. The molecule has 2 atom stereocenters. The molecule has 1 aromatic heterocycles. The molecular weight excluding hydrogens is 548 g/mol. The van der Waals surface area contributed by atoms with Gasteiger partial charge in [-0.2, -0.15) is 15.9 Å². The highest BCUT2D eigenvalue weighted by molar-refractivity contribution is 8.24. The van der Waals surface area contributed by atoms with E-state index in [9.17, 15) is 19.2 Å². The van der Waals surface area contributed by atoms with E-state index in [0.717, 1.165) is 54.0 Å². The van der Waals surface area contributed by atoms with Gasteiger partial charge in [-0.05, 0) is 68.2 Å². The van der Waals surface area contributed by atoms with Crippen LogP contribution in [0.3, 0.4) is 0 Å². The van der Waals surface area contributed by atoms with Crippen LogP contribution in [0.5, 0.6) is 0 Å². The molecule has 1 aliphatic heterocycles. The molecule has 3 saturated carbocycles. The second-order valence-corrected chi connectivity index (χ2v) is 14.9. The summed E-state index contributed by atoms with van der Waals surface area (Å²) in [5, 5.41) is 12.7. The van der Waals surface area contributed by atoms with Crippen molar-refractivity contribution in [2.75, 3.05) is 29.5 Å². The van der Waals surface area contributed by atoms with Gasteiger partial charge in [-0.25, -0.2) is 4.98 Å². The molecule has 4 aliphatic rings. The first-order valence-electron chi connectivity index (χ1n) is 15.3. The Balaban J connectivity index is 1.25. The second kappa shape index (κ2) is 10.7. The van der Waals surface area contributed by atoms with E-state index in [0.29, 0.717) is 49.2 Å². The van der Waals surface area contributed by atoms with E-state index in [1.165, 1.54) is 18.4 Å². The van der Waals surface area contributed by atoms with Crippen LogP contribution in [0.1, 0.15) is 74.5 Å². The van der Waals surface area contributed by atoms with Crippen LogP contribution in [-0.2, 0) is 4.79 Å². The largest absolute Gasteiger partial charge is 0.440 e. The monoisotopic (exact) mass is 586 g/mol. The van der Waals surface area contributed by atoms with Gasteiger partial charge in [0.05, 0.1) is 17.6 Å². The number of nitrogens with zero attached hydrogens (tertiary/aromatic N) is 3. The summed E-state index contributed by atoms with van der Waals surface area (Å²) in [6, 6.07) is 18.9. The van der Waals surface area contributed by atoms with Gasteiger partial charge < -0.3 is 14.6 Å². The highest BCUT2D eigenvalue weighted by Gasteiger charge is 2.47. The summed E-state index contributed by atoms with van der Waals surface area (Å²) in [6.45, 7) is 1.23. The zero-order chi connectivity index (χ0) is 28.9. The molecule has 0 unspecified atom stereocenters. The van der Waals surface area contributed by atoms with Gasteiger partial charge in [-0.1, -0.05) is 43.2 Å². The third-order valence-electron chi connectivity index (χ3n) is 9.51. The predicted octanol–water partition coefficient (Wildman–Crippen LogP) is 6.90. The van der Waals surface area contributed by atoms with Gasteiger partial charge in [0, 0.05) is 41.7 Å². The van der Waals surface area contributed by atoms with Crippen LogP contribution >= 0.6 is 10.6 Å². The van der Waals surface area contributed by atoms with Gasteiger partial charge >= 0.3 is 0 Å². The molecular formula is C33H38N4O4S. The molecule has 0 spiro atoms. The van der Waals surface area contributed by atoms with Gasteiger partial charge in [0.15, 0.2) is 0 Å². The van der Waals surface area contributed by atoms with E-state index in [-0.39, 0.29) is 17.7 Å². The second-order valence-electron chi connectivity index (χ2n) is 12.5. The summed E-state index contributed by atoms with van der Waals surface area (Å²) >= 11 is 0. The molecule has 1 saturated heterocycles.